The Hall–Kier alpha value is -3.84. The standard InChI is InChI=1S/C24H18ClNO6/c1-14-9-19(10-15(2)23(14)25)32-22-13-31-21-11-18(7-8-20(21)24(22)27)30-12-16-3-5-17(6-4-16)26(28)29/h3-11,13H,12H2,1-2H3. The number of benzene rings is 3. The molecule has 0 amide bonds. The first-order valence-corrected chi connectivity index (χ1v) is 10.1. The molecule has 0 aliphatic heterocycles. The van der Waals surface area contributed by atoms with E-state index in [4.69, 9.17) is 25.5 Å². The van der Waals surface area contributed by atoms with E-state index < -0.39 is 4.92 Å². The molecule has 0 aliphatic rings. The molecule has 0 fully saturated rings. The number of aryl methyl sites for hydroxylation is 2. The van der Waals surface area contributed by atoms with E-state index in [0.29, 0.717) is 27.5 Å². The lowest BCUT2D eigenvalue weighted by molar-refractivity contribution is -0.384. The van der Waals surface area contributed by atoms with Gasteiger partial charge in [-0.1, -0.05) is 11.6 Å². The van der Waals surface area contributed by atoms with Crippen LogP contribution in [0.3, 0.4) is 0 Å². The van der Waals surface area contributed by atoms with Gasteiger partial charge in [-0.15, -0.1) is 0 Å². The predicted octanol–water partition coefficient (Wildman–Crippen LogP) is 6.34. The molecule has 0 aliphatic carbocycles. The van der Waals surface area contributed by atoms with Crippen LogP contribution in [0.15, 0.2) is 70.1 Å². The molecule has 0 saturated heterocycles. The van der Waals surface area contributed by atoms with Crippen LogP contribution < -0.4 is 14.9 Å². The fourth-order valence-electron chi connectivity index (χ4n) is 3.22. The molecule has 0 bridgehead atoms. The lowest BCUT2D eigenvalue weighted by Gasteiger charge is -2.10. The Balaban J connectivity index is 1.53. The smallest absolute Gasteiger partial charge is 0.269 e. The fraction of sp³-hybridized carbons (Fsp3) is 0.125. The van der Waals surface area contributed by atoms with Crippen molar-refractivity contribution in [3.63, 3.8) is 0 Å². The van der Waals surface area contributed by atoms with Crippen LogP contribution >= 0.6 is 11.6 Å². The average Bonchev–Trinajstić information content (AvgIpc) is 2.78. The van der Waals surface area contributed by atoms with Crippen molar-refractivity contribution in [1.29, 1.82) is 0 Å². The van der Waals surface area contributed by atoms with Crippen LogP contribution in [0.1, 0.15) is 16.7 Å². The molecule has 7 nitrogen and oxygen atoms in total. The van der Waals surface area contributed by atoms with Gasteiger partial charge in [-0.2, -0.15) is 0 Å². The second-order valence-electron chi connectivity index (χ2n) is 7.27. The lowest BCUT2D eigenvalue weighted by atomic mass is 10.1. The van der Waals surface area contributed by atoms with E-state index in [0.717, 1.165) is 16.7 Å². The second kappa shape index (κ2) is 8.72. The van der Waals surface area contributed by atoms with E-state index in [9.17, 15) is 14.9 Å². The molecule has 8 heteroatoms. The highest BCUT2D eigenvalue weighted by molar-refractivity contribution is 6.32. The van der Waals surface area contributed by atoms with Gasteiger partial charge in [-0.3, -0.25) is 14.9 Å². The Morgan fingerprint density at radius 2 is 1.69 bits per heavy atom. The van der Waals surface area contributed by atoms with Crippen molar-refractivity contribution in [2.24, 2.45) is 0 Å². The first-order chi connectivity index (χ1) is 15.3. The van der Waals surface area contributed by atoms with Crippen LogP contribution in [0.5, 0.6) is 17.2 Å². The maximum absolute atomic E-state index is 12.8. The van der Waals surface area contributed by atoms with E-state index >= 15 is 0 Å². The number of ether oxygens (including phenoxy) is 2. The van der Waals surface area contributed by atoms with Crippen LogP contribution in [0.2, 0.25) is 5.02 Å². The zero-order valence-electron chi connectivity index (χ0n) is 17.3. The van der Waals surface area contributed by atoms with E-state index in [2.05, 4.69) is 0 Å². The van der Waals surface area contributed by atoms with Crippen LogP contribution in [0.25, 0.3) is 11.0 Å². The molecule has 4 rings (SSSR count). The largest absolute Gasteiger partial charge is 0.489 e. The van der Waals surface area contributed by atoms with E-state index in [1.54, 1.807) is 42.5 Å². The van der Waals surface area contributed by atoms with Gasteiger partial charge in [0.25, 0.3) is 5.69 Å². The van der Waals surface area contributed by atoms with Crippen molar-refractivity contribution in [1.82, 2.24) is 0 Å². The summed E-state index contributed by atoms with van der Waals surface area (Å²) in [6, 6.07) is 14.5. The van der Waals surface area contributed by atoms with Gasteiger partial charge in [-0.25, -0.2) is 0 Å². The number of rotatable bonds is 6. The Labute approximate surface area is 187 Å². The maximum atomic E-state index is 12.8. The Bertz CT molecular complexity index is 1350. The predicted molar refractivity (Wildman–Crippen MR) is 121 cm³/mol. The van der Waals surface area contributed by atoms with E-state index in [-0.39, 0.29) is 23.5 Å². The van der Waals surface area contributed by atoms with Gasteiger partial charge in [-0.05, 0) is 66.9 Å². The minimum absolute atomic E-state index is 0.0168. The number of nitro benzene ring substituents is 1. The first kappa shape index (κ1) is 21.4. The number of hydrogen-bond acceptors (Lipinski definition) is 6. The van der Waals surface area contributed by atoms with Gasteiger partial charge >= 0.3 is 0 Å². The SMILES string of the molecule is Cc1cc(Oc2coc3cc(OCc4ccc([N+](=O)[O-])cc4)ccc3c2=O)cc(C)c1Cl. The van der Waals surface area contributed by atoms with Gasteiger partial charge in [0.2, 0.25) is 11.2 Å². The number of nitro groups is 1. The Morgan fingerprint density at radius 3 is 2.34 bits per heavy atom. The quantitative estimate of drug-likeness (QED) is 0.251. The van der Waals surface area contributed by atoms with Crippen molar-refractivity contribution >= 4 is 28.3 Å². The highest BCUT2D eigenvalue weighted by atomic mass is 35.5. The summed E-state index contributed by atoms with van der Waals surface area (Å²) in [6.07, 6.45) is 1.27. The van der Waals surface area contributed by atoms with Crippen LogP contribution in [0, 0.1) is 24.0 Å². The Morgan fingerprint density at radius 1 is 1.00 bits per heavy atom. The summed E-state index contributed by atoms with van der Waals surface area (Å²) in [5, 5.41) is 11.7. The fourth-order valence-corrected chi connectivity index (χ4v) is 3.33. The zero-order chi connectivity index (χ0) is 22.8. The normalized spacial score (nSPS) is 10.8. The summed E-state index contributed by atoms with van der Waals surface area (Å²) < 4.78 is 17.1. The lowest BCUT2D eigenvalue weighted by Crippen LogP contribution is -2.05. The van der Waals surface area contributed by atoms with Gasteiger partial charge in [0.1, 0.15) is 30.0 Å². The highest BCUT2D eigenvalue weighted by Gasteiger charge is 2.12. The zero-order valence-corrected chi connectivity index (χ0v) is 18.0. The van der Waals surface area contributed by atoms with Gasteiger partial charge in [0.05, 0.1) is 10.3 Å². The van der Waals surface area contributed by atoms with Gasteiger partial charge in [0.15, 0.2) is 0 Å². The van der Waals surface area contributed by atoms with Crippen molar-refractivity contribution in [2.75, 3.05) is 0 Å². The molecule has 162 valence electrons. The number of nitrogens with zero attached hydrogens (tertiary/aromatic N) is 1. The summed E-state index contributed by atoms with van der Waals surface area (Å²) in [5.41, 5.74) is 2.53. The number of hydrogen-bond donors (Lipinski definition) is 0. The van der Waals surface area contributed by atoms with Crippen LogP contribution in [-0.4, -0.2) is 4.92 Å². The summed E-state index contributed by atoms with van der Waals surface area (Å²) in [5.74, 6) is 1.06. The van der Waals surface area contributed by atoms with E-state index in [1.165, 1.54) is 18.4 Å². The molecule has 32 heavy (non-hydrogen) atoms. The summed E-state index contributed by atoms with van der Waals surface area (Å²) in [6.45, 7) is 3.94. The average molecular weight is 452 g/mol. The van der Waals surface area contributed by atoms with Crippen molar-refractivity contribution < 1.29 is 18.8 Å². The highest BCUT2D eigenvalue weighted by Crippen LogP contribution is 2.29. The molecule has 4 aromatic rings. The van der Waals surface area contributed by atoms with E-state index in [1.807, 2.05) is 13.8 Å². The molecule has 0 unspecified atom stereocenters. The molecule has 0 atom stereocenters. The molecule has 0 saturated carbocycles. The maximum Gasteiger partial charge on any atom is 0.269 e. The van der Waals surface area contributed by atoms with Crippen LogP contribution in [-0.2, 0) is 6.61 Å². The number of halogens is 1. The molecular formula is C24H18ClNO6. The third kappa shape index (κ3) is 4.43. The van der Waals surface area contributed by atoms with Gasteiger partial charge in [0, 0.05) is 23.2 Å². The second-order valence-corrected chi connectivity index (χ2v) is 7.65. The third-order valence-corrected chi connectivity index (χ3v) is 5.50. The summed E-state index contributed by atoms with van der Waals surface area (Å²) in [4.78, 5) is 23.1. The Kier molecular flexibility index (Phi) is 5.83. The summed E-state index contributed by atoms with van der Waals surface area (Å²) in [7, 11) is 0. The monoisotopic (exact) mass is 451 g/mol. The molecule has 1 heterocycles. The summed E-state index contributed by atoms with van der Waals surface area (Å²) >= 11 is 6.19. The number of fused-ring (bicyclic) bond motifs is 1. The number of non-ortho nitro benzene ring substituents is 1. The topological polar surface area (TPSA) is 91.8 Å². The molecule has 3 aromatic carbocycles. The molecule has 0 spiro atoms. The minimum atomic E-state index is -0.455. The van der Waals surface area contributed by atoms with Crippen molar-refractivity contribution in [3.8, 4) is 17.2 Å². The van der Waals surface area contributed by atoms with Crippen molar-refractivity contribution in [3.05, 3.63) is 103 Å². The van der Waals surface area contributed by atoms with Crippen molar-refractivity contribution in [2.45, 2.75) is 20.5 Å². The molecule has 0 N–H and O–H groups in total. The van der Waals surface area contributed by atoms with Gasteiger partial charge < -0.3 is 13.9 Å². The molecule has 1 aromatic heterocycles. The molecule has 0 radical (unpaired) electrons. The third-order valence-electron chi connectivity index (χ3n) is 4.90. The first-order valence-electron chi connectivity index (χ1n) is 9.68. The molecular weight excluding hydrogens is 434 g/mol. The van der Waals surface area contributed by atoms with Crippen LogP contribution in [0.4, 0.5) is 5.69 Å². The minimum Gasteiger partial charge on any atom is -0.489 e.